The number of hydrogen-bond donors (Lipinski definition) is 0. The number of amides is 1. The van der Waals surface area contributed by atoms with Gasteiger partial charge in [-0.1, -0.05) is 32.0 Å². The third kappa shape index (κ3) is 4.82. The van der Waals surface area contributed by atoms with Crippen molar-refractivity contribution < 1.29 is 17.6 Å². The average Bonchev–Trinajstić information content (AvgIpc) is 3.35. The molecule has 1 aliphatic heterocycles. The highest BCUT2D eigenvalue weighted by Crippen LogP contribution is 2.24. The maximum Gasteiger partial charge on any atom is 0.282 e. The largest absolute Gasteiger partial charge is 0.416 e. The number of benzene rings is 2. The van der Waals surface area contributed by atoms with E-state index in [1.807, 2.05) is 44.2 Å². The third-order valence-corrected chi connectivity index (χ3v) is 7.90. The maximum absolute atomic E-state index is 12.9. The number of hydrogen-bond acceptors (Lipinski definition) is 6. The smallest absolute Gasteiger partial charge is 0.282 e. The molecule has 10 heteroatoms. The Balaban J connectivity index is 1.40. The van der Waals surface area contributed by atoms with Crippen LogP contribution in [0.25, 0.3) is 22.9 Å². The van der Waals surface area contributed by atoms with Crippen LogP contribution in [-0.4, -0.2) is 77.3 Å². The first kappa shape index (κ1) is 23.1. The van der Waals surface area contributed by atoms with Crippen LogP contribution >= 0.6 is 0 Å². The fourth-order valence-electron chi connectivity index (χ4n) is 3.81. The summed E-state index contributed by atoms with van der Waals surface area (Å²) in [5.41, 5.74) is 2.09. The Hall–Kier alpha value is -3.08. The van der Waals surface area contributed by atoms with E-state index in [-0.39, 0.29) is 19.0 Å². The molecular weight excluding hydrogens is 442 g/mol. The summed E-state index contributed by atoms with van der Waals surface area (Å²) in [6.07, 6.45) is 0. The van der Waals surface area contributed by atoms with Crippen LogP contribution < -0.4 is 0 Å². The number of rotatable bonds is 7. The second kappa shape index (κ2) is 9.82. The van der Waals surface area contributed by atoms with Crippen molar-refractivity contribution in [3.8, 4) is 22.9 Å². The molecule has 1 saturated heterocycles. The molecule has 1 aromatic heterocycles. The van der Waals surface area contributed by atoms with Crippen molar-refractivity contribution in [2.75, 3.05) is 39.3 Å². The van der Waals surface area contributed by atoms with E-state index in [4.69, 9.17) is 4.42 Å². The fraction of sp³-hybridized carbons (Fsp3) is 0.348. The van der Waals surface area contributed by atoms with Crippen LogP contribution in [0.15, 0.2) is 59.0 Å². The Morgan fingerprint density at radius 3 is 1.97 bits per heavy atom. The van der Waals surface area contributed by atoms with Gasteiger partial charge >= 0.3 is 0 Å². The number of carbonyl (C=O) groups is 1. The first-order chi connectivity index (χ1) is 15.9. The van der Waals surface area contributed by atoms with E-state index in [2.05, 4.69) is 10.2 Å². The van der Waals surface area contributed by atoms with E-state index in [1.54, 1.807) is 29.2 Å². The Kier molecular flexibility index (Phi) is 6.87. The topological polar surface area (TPSA) is 99.9 Å². The van der Waals surface area contributed by atoms with Crippen molar-refractivity contribution in [3.63, 3.8) is 0 Å². The molecule has 0 unspecified atom stereocenters. The maximum atomic E-state index is 12.9. The Morgan fingerprint density at radius 2 is 1.42 bits per heavy atom. The second-order valence-electron chi connectivity index (χ2n) is 7.64. The van der Waals surface area contributed by atoms with Crippen LogP contribution in [0.1, 0.15) is 24.2 Å². The molecule has 1 amide bonds. The molecule has 1 fully saturated rings. The zero-order valence-corrected chi connectivity index (χ0v) is 19.5. The molecule has 0 spiro atoms. The zero-order chi connectivity index (χ0) is 23.4. The van der Waals surface area contributed by atoms with Gasteiger partial charge in [-0.15, -0.1) is 10.2 Å². The molecule has 4 rings (SSSR count). The van der Waals surface area contributed by atoms with Crippen molar-refractivity contribution in [3.05, 3.63) is 60.2 Å². The van der Waals surface area contributed by atoms with Gasteiger partial charge in [0, 0.05) is 56.0 Å². The van der Waals surface area contributed by atoms with Gasteiger partial charge in [0.25, 0.3) is 16.1 Å². The molecule has 1 aliphatic rings. The summed E-state index contributed by atoms with van der Waals surface area (Å²) >= 11 is 0. The fourth-order valence-corrected chi connectivity index (χ4v) is 5.41. The second-order valence-corrected chi connectivity index (χ2v) is 9.57. The quantitative estimate of drug-likeness (QED) is 0.528. The third-order valence-electron chi connectivity index (χ3n) is 5.71. The van der Waals surface area contributed by atoms with Gasteiger partial charge in [0.05, 0.1) is 0 Å². The highest BCUT2D eigenvalue weighted by Gasteiger charge is 2.32. The Labute approximate surface area is 193 Å². The molecule has 0 N–H and O–H groups in total. The molecule has 174 valence electrons. The van der Waals surface area contributed by atoms with Gasteiger partial charge in [-0.3, -0.25) is 4.79 Å². The lowest BCUT2D eigenvalue weighted by molar-refractivity contribution is 0.0694. The summed E-state index contributed by atoms with van der Waals surface area (Å²) in [6.45, 7) is 5.77. The Morgan fingerprint density at radius 1 is 0.879 bits per heavy atom. The van der Waals surface area contributed by atoms with Crippen molar-refractivity contribution in [1.29, 1.82) is 0 Å². The lowest BCUT2D eigenvalue weighted by atomic mass is 10.1. The standard InChI is InChI=1S/C23H27N5O4S/c1-3-27(4-2)33(30,31)28-16-14-26(15-17-28)23(29)20-12-10-19(11-13-20)22-25-24-21(32-22)18-8-6-5-7-9-18/h5-13H,3-4,14-17H2,1-2H3. The SMILES string of the molecule is CCN(CC)S(=O)(=O)N1CCN(C(=O)c2ccc(-c3nnc(-c4ccccc4)o3)cc2)CC1. The van der Waals surface area contributed by atoms with Gasteiger partial charge in [0.2, 0.25) is 11.8 Å². The zero-order valence-electron chi connectivity index (χ0n) is 18.7. The van der Waals surface area contributed by atoms with E-state index in [0.717, 1.165) is 11.1 Å². The summed E-state index contributed by atoms with van der Waals surface area (Å²) in [5, 5.41) is 8.20. The van der Waals surface area contributed by atoms with Crippen LogP contribution in [0, 0.1) is 0 Å². The van der Waals surface area contributed by atoms with E-state index in [9.17, 15) is 13.2 Å². The van der Waals surface area contributed by atoms with Crippen LogP contribution in [-0.2, 0) is 10.2 Å². The predicted molar refractivity (Wildman–Crippen MR) is 124 cm³/mol. The highest BCUT2D eigenvalue weighted by atomic mass is 32.2. The highest BCUT2D eigenvalue weighted by molar-refractivity contribution is 7.86. The van der Waals surface area contributed by atoms with E-state index in [1.165, 1.54) is 8.61 Å². The lowest BCUT2D eigenvalue weighted by Crippen LogP contribution is -2.54. The summed E-state index contributed by atoms with van der Waals surface area (Å²) in [6, 6.07) is 16.5. The molecule has 0 radical (unpaired) electrons. The average molecular weight is 470 g/mol. The van der Waals surface area contributed by atoms with Crippen molar-refractivity contribution in [2.24, 2.45) is 0 Å². The van der Waals surface area contributed by atoms with Gasteiger partial charge < -0.3 is 9.32 Å². The van der Waals surface area contributed by atoms with Crippen molar-refractivity contribution in [1.82, 2.24) is 23.7 Å². The van der Waals surface area contributed by atoms with Crippen LogP contribution in [0.5, 0.6) is 0 Å². The van der Waals surface area contributed by atoms with Gasteiger partial charge in [-0.05, 0) is 36.4 Å². The first-order valence-corrected chi connectivity index (χ1v) is 12.4. The minimum absolute atomic E-state index is 0.128. The predicted octanol–water partition coefficient (Wildman–Crippen LogP) is 2.75. The molecule has 0 bridgehead atoms. The number of aromatic nitrogens is 2. The summed E-state index contributed by atoms with van der Waals surface area (Å²) in [5.74, 6) is 0.684. The molecule has 0 aliphatic carbocycles. The van der Waals surface area contributed by atoms with Crippen LogP contribution in [0.3, 0.4) is 0 Å². The van der Waals surface area contributed by atoms with Gasteiger partial charge in [-0.25, -0.2) is 0 Å². The minimum atomic E-state index is -3.49. The number of nitrogens with zero attached hydrogens (tertiary/aromatic N) is 5. The summed E-state index contributed by atoms with van der Waals surface area (Å²) in [4.78, 5) is 14.6. The van der Waals surface area contributed by atoms with Gasteiger partial charge in [0.15, 0.2) is 0 Å². The van der Waals surface area contributed by atoms with E-state index in [0.29, 0.717) is 43.5 Å². The summed E-state index contributed by atoms with van der Waals surface area (Å²) in [7, 11) is -3.49. The van der Waals surface area contributed by atoms with Crippen LogP contribution in [0.4, 0.5) is 0 Å². The van der Waals surface area contributed by atoms with Crippen molar-refractivity contribution >= 4 is 16.1 Å². The van der Waals surface area contributed by atoms with Gasteiger partial charge in [-0.2, -0.15) is 17.0 Å². The molecule has 0 saturated carbocycles. The number of piperazine rings is 1. The molecule has 3 aromatic rings. The van der Waals surface area contributed by atoms with Crippen LogP contribution in [0.2, 0.25) is 0 Å². The molecule has 33 heavy (non-hydrogen) atoms. The normalized spacial score (nSPS) is 15.2. The van der Waals surface area contributed by atoms with Crippen molar-refractivity contribution in [2.45, 2.75) is 13.8 Å². The molecular formula is C23H27N5O4S. The first-order valence-electron chi connectivity index (χ1n) is 11.0. The molecule has 0 atom stereocenters. The lowest BCUT2D eigenvalue weighted by Gasteiger charge is -2.36. The van der Waals surface area contributed by atoms with E-state index < -0.39 is 10.2 Å². The monoisotopic (exact) mass is 469 g/mol. The molecule has 2 aromatic carbocycles. The minimum Gasteiger partial charge on any atom is -0.416 e. The van der Waals surface area contributed by atoms with E-state index >= 15 is 0 Å². The molecule has 2 heterocycles. The molecule has 9 nitrogen and oxygen atoms in total. The Bertz CT molecular complexity index is 1180. The van der Waals surface area contributed by atoms with Gasteiger partial charge in [0.1, 0.15) is 0 Å². The number of carbonyl (C=O) groups excluding carboxylic acids is 1. The summed E-state index contributed by atoms with van der Waals surface area (Å²) < 4.78 is 34.0.